The van der Waals surface area contributed by atoms with Gasteiger partial charge in [0.1, 0.15) is 11.8 Å². The Kier molecular flexibility index (Phi) is 6.53. The van der Waals surface area contributed by atoms with Crippen molar-refractivity contribution >= 4 is 12.0 Å². The van der Waals surface area contributed by atoms with Gasteiger partial charge in [-0.05, 0) is 45.2 Å². The number of alkyl carbamates (subject to hydrolysis) is 1. The van der Waals surface area contributed by atoms with E-state index in [1.807, 2.05) is 19.9 Å². The molecule has 1 aliphatic carbocycles. The average molecular weight is 404 g/mol. The normalized spacial score (nSPS) is 18.8. The fraction of sp³-hybridized carbons (Fsp3) is 0.579. The van der Waals surface area contributed by atoms with Crippen molar-refractivity contribution in [3.05, 3.63) is 35.4 Å². The van der Waals surface area contributed by atoms with Gasteiger partial charge in [-0.2, -0.15) is 15.0 Å². The topological polar surface area (TPSA) is 112 Å². The number of carbonyl (C=O) groups excluding carboxylic acids is 2. The molecule has 0 bridgehead atoms. The summed E-state index contributed by atoms with van der Waals surface area (Å²) in [5.74, 6) is -0.167. The minimum atomic E-state index is -0.393. The van der Waals surface area contributed by atoms with Crippen LogP contribution in [0.5, 0.6) is 0 Å². The first-order valence-corrected chi connectivity index (χ1v) is 9.71. The lowest BCUT2D eigenvalue weighted by molar-refractivity contribution is 0.0981. The summed E-state index contributed by atoms with van der Waals surface area (Å²) in [5, 5.41) is 11.2. The Morgan fingerprint density at radius 2 is 2.14 bits per heavy atom. The van der Waals surface area contributed by atoms with Crippen LogP contribution in [0.25, 0.3) is 0 Å². The van der Waals surface area contributed by atoms with E-state index in [4.69, 9.17) is 9.47 Å². The van der Waals surface area contributed by atoms with Crippen molar-refractivity contribution in [1.82, 2.24) is 25.0 Å². The van der Waals surface area contributed by atoms with Gasteiger partial charge in [0.05, 0.1) is 24.2 Å². The zero-order chi connectivity index (χ0) is 21.0. The maximum Gasteiger partial charge on any atom is 0.407 e. The molecule has 0 radical (unpaired) electrons. The van der Waals surface area contributed by atoms with Crippen molar-refractivity contribution in [1.29, 1.82) is 0 Å². The predicted molar refractivity (Wildman–Crippen MR) is 105 cm³/mol. The van der Waals surface area contributed by atoms with E-state index in [1.54, 1.807) is 26.4 Å². The minimum Gasteiger partial charge on any atom is -0.446 e. The minimum absolute atomic E-state index is 0.0350. The molecule has 0 aliphatic heterocycles. The van der Waals surface area contributed by atoms with Gasteiger partial charge in [-0.15, -0.1) is 0 Å². The van der Waals surface area contributed by atoms with Crippen LogP contribution >= 0.6 is 0 Å². The number of hydrogen-bond acceptors (Lipinski definition) is 6. The Labute approximate surface area is 169 Å². The number of rotatable bonds is 7. The summed E-state index contributed by atoms with van der Waals surface area (Å²) in [5.41, 5.74) is 4.78. The first kappa shape index (κ1) is 20.8. The summed E-state index contributed by atoms with van der Waals surface area (Å²) in [6, 6.07) is 3.60. The van der Waals surface area contributed by atoms with E-state index in [-0.39, 0.29) is 24.0 Å². The van der Waals surface area contributed by atoms with Gasteiger partial charge in [-0.3, -0.25) is 9.48 Å². The number of carbonyl (C=O) groups is 2. The highest BCUT2D eigenvalue weighted by Crippen LogP contribution is 2.35. The van der Waals surface area contributed by atoms with Crippen LogP contribution < -0.4 is 10.7 Å². The second-order valence-electron chi connectivity index (χ2n) is 7.52. The highest BCUT2D eigenvalue weighted by atomic mass is 16.6. The Hall–Kier alpha value is -2.88. The number of ether oxygens (including phenoxy) is 2. The molecule has 10 heteroatoms. The summed E-state index contributed by atoms with van der Waals surface area (Å²) in [6.45, 7) is 4.11. The van der Waals surface area contributed by atoms with E-state index in [0.717, 1.165) is 18.5 Å². The molecule has 2 atom stereocenters. The van der Waals surface area contributed by atoms with Gasteiger partial charge in [0, 0.05) is 26.1 Å². The molecule has 10 nitrogen and oxygen atoms in total. The van der Waals surface area contributed by atoms with Gasteiger partial charge in [0.2, 0.25) is 0 Å². The first-order chi connectivity index (χ1) is 13.9. The first-order valence-electron chi connectivity index (χ1n) is 9.71. The molecule has 2 aromatic rings. The molecule has 0 aromatic carbocycles. The molecule has 2 amide bonds. The van der Waals surface area contributed by atoms with Crippen LogP contribution in [0.4, 0.5) is 4.79 Å². The van der Waals surface area contributed by atoms with Crippen molar-refractivity contribution in [2.24, 2.45) is 7.05 Å². The summed E-state index contributed by atoms with van der Waals surface area (Å²) in [6.07, 6.45) is 3.43. The quantitative estimate of drug-likeness (QED) is 0.729. The highest BCUT2D eigenvalue weighted by Gasteiger charge is 2.31. The molecule has 0 spiro atoms. The second-order valence-corrected chi connectivity index (χ2v) is 7.52. The number of amides is 2. The third-order valence-electron chi connectivity index (χ3n) is 4.82. The van der Waals surface area contributed by atoms with Crippen molar-refractivity contribution < 1.29 is 19.1 Å². The smallest absolute Gasteiger partial charge is 0.407 e. The van der Waals surface area contributed by atoms with Gasteiger partial charge in [0.15, 0.2) is 0 Å². The molecule has 1 fully saturated rings. The molecular weight excluding hydrogens is 376 g/mol. The van der Waals surface area contributed by atoms with Crippen molar-refractivity contribution in [2.75, 3.05) is 12.5 Å². The van der Waals surface area contributed by atoms with E-state index in [9.17, 15) is 9.59 Å². The Morgan fingerprint density at radius 1 is 1.34 bits per heavy atom. The fourth-order valence-electron chi connectivity index (χ4n) is 3.56. The van der Waals surface area contributed by atoms with Crippen LogP contribution in [0, 0.1) is 0 Å². The number of nitrogens with zero attached hydrogens (tertiary/aromatic N) is 4. The molecule has 0 saturated heterocycles. The van der Waals surface area contributed by atoms with Crippen LogP contribution in [0.3, 0.4) is 0 Å². The van der Waals surface area contributed by atoms with Gasteiger partial charge < -0.3 is 14.8 Å². The molecule has 158 valence electrons. The molecule has 2 unspecified atom stereocenters. The van der Waals surface area contributed by atoms with Crippen LogP contribution in [0.1, 0.15) is 60.9 Å². The van der Waals surface area contributed by atoms with Crippen LogP contribution in [0.2, 0.25) is 0 Å². The van der Waals surface area contributed by atoms with Crippen LogP contribution in [-0.4, -0.2) is 50.9 Å². The Balaban J connectivity index is 1.63. The second kappa shape index (κ2) is 9.08. The lowest BCUT2D eigenvalue weighted by Crippen LogP contribution is -2.33. The maximum absolute atomic E-state index is 12.7. The van der Waals surface area contributed by atoms with Crippen molar-refractivity contribution in [3.63, 3.8) is 0 Å². The maximum atomic E-state index is 12.7. The van der Waals surface area contributed by atoms with Gasteiger partial charge >= 0.3 is 6.09 Å². The molecule has 1 aliphatic rings. The SMILES string of the molecule is COCc1cc(C(=O)Nn2nccc2C2CCC(OC(=O)NC(C)C)C2)n(C)n1. The zero-order valence-electron chi connectivity index (χ0n) is 17.2. The van der Waals surface area contributed by atoms with Crippen LogP contribution in [0.15, 0.2) is 18.3 Å². The monoisotopic (exact) mass is 404 g/mol. The molecule has 2 aromatic heterocycles. The van der Waals surface area contributed by atoms with Gasteiger partial charge in [-0.25, -0.2) is 10.2 Å². The number of hydrogen-bond donors (Lipinski definition) is 2. The molecular formula is C19H28N6O4. The Morgan fingerprint density at radius 3 is 2.86 bits per heavy atom. The van der Waals surface area contributed by atoms with E-state index < -0.39 is 6.09 Å². The van der Waals surface area contributed by atoms with E-state index in [0.29, 0.717) is 24.4 Å². The fourth-order valence-corrected chi connectivity index (χ4v) is 3.56. The third-order valence-corrected chi connectivity index (χ3v) is 4.82. The summed E-state index contributed by atoms with van der Waals surface area (Å²) >= 11 is 0. The highest BCUT2D eigenvalue weighted by molar-refractivity contribution is 5.98. The van der Waals surface area contributed by atoms with Crippen molar-refractivity contribution in [3.8, 4) is 0 Å². The summed E-state index contributed by atoms with van der Waals surface area (Å²) < 4.78 is 12.1. The lowest BCUT2D eigenvalue weighted by Gasteiger charge is -2.16. The number of nitrogens with one attached hydrogen (secondary N) is 2. The third kappa shape index (κ3) is 5.14. The standard InChI is InChI=1S/C19H28N6O4/c1-12(2)21-19(27)29-15-6-5-13(9-15)16-7-8-20-25(16)23-18(26)17-10-14(11-28-4)22-24(17)3/h7-8,10,12-13,15H,5-6,9,11H2,1-4H3,(H,21,27)(H,23,26). The molecule has 29 heavy (non-hydrogen) atoms. The van der Waals surface area contributed by atoms with E-state index in [1.165, 1.54) is 9.47 Å². The van der Waals surface area contributed by atoms with E-state index >= 15 is 0 Å². The predicted octanol–water partition coefficient (Wildman–Crippen LogP) is 1.92. The number of methoxy groups -OCH3 is 1. The summed E-state index contributed by atoms with van der Waals surface area (Å²) in [7, 11) is 3.29. The molecule has 1 saturated carbocycles. The van der Waals surface area contributed by atoms with Gasteiger partial charge in [-0.1, -0.05) is 0 Å². The molecule has 2 heterocycles. The van der Waals surface area contributed by atoms with Crippen molar-refractivity contribution in [2.45, 2.75) is 57.8 Å². The Bertz CT molecular complexity index is 859. The largest absolute Gasteiger partial charge is 0.446 e. The van der Waals surface area contributed by atoms with Gasteiger partial charge in [0.25, 0.3) is 5.91 Å². The lowest BCUT2D eigenvalue weighted by atomic mass is 10.0. The van der Waals surface area contributed by atoms with Crippen LogP contribution in [-0.2, 0) is 23.1 Å². The molecule has 3 rings (SSSR count). The average Bonchev–Trinajstić information content (AvgIpc) is 3.34. The number of aromatic nitrogens is 4. The number of aryl methyl sites for hydroxylation is 1. The molecule has 2 N–H and O–H groups in total. The van der Waals surface area contributed by atoms with E-state index in [2.05, 4.69) is 20.9 Å². The summed E-state index contributed by atoms with van der Waals surface area (Å²) in [4.78, 5) is 26.0. The zero-order valence-corrected chi connectivity index (χ0v) is 17.2.